The monoisotopic (exact) mass is 396 g/mol. The Morgan fingerprint density at radius 1 is 0.759 bits per heavy atom. The molecule has 0 bridgehead atoms. The molecule has 3 heteroatoms. The van der Waals surface area contributed by atoms with E-state index in [2.05, 4.69) is 38.1 Å². The van der Waals surface area contributed by atoms with Crippen LogP contribution in [-0.2, 0) is 6.42 Å². The van der Waals surface area contributed by atoms with Crippen LogP contribution >= 0.6 is 0 Å². The van der Waals surface area contributed by atoms with Crippen molar-refractivity contribution in [2.24, 2.45) is 0 Å². The van der Waals surface area contributed by atoms with E-state index in [0.717, 1.165) is 54.2 Å². The largest absolute Gasteiger partial charge is 0.494 e. The Bertz CT molecular complexity index is 769. The average Bonchev–Trinajstić information content (AvgIpc) is 2.73. The van der Waals surface area contributed by atoms with E-state index in [-0.39, 0.29) is 0 Å². The Balaban J connectivity index is 1.64. The van der Waals surface area contributed by atoms with Crippen molar-refractivity contribution in [3.63, 3.8) is 0 Å². The van der Waals surface area contributed by atoms with Gasteiger partial charge in [-0.3, -0.25) is 0 Å². The Hall–Kier alpha value is -2.00. The van der Waals surface area contributed by atoms with Gasteiger partial charge in [0.15, 0.2) is 0 Å². The second-order valence-electron chi connectivity index (χ2n) is 8.11. The lowest BCUT2D eigenvalue weighted by Crippen LogP contribution is -2.11. The Morgan fingerprint density at radius 3 is 1.97 bits per heavy atom. The molecule has 1 unspecified atom stereocenters. The molecule has 1 aliphatic rings. The maximum atomic E-state index is 10.7. The van der Waals surface area contributed by atoms with Gasteiger partial charge >= 0.3 is 0 Å². The fraction of sp³-hybridized carbons (Fsp3) is 0.538. The number of aliphatic hydroxyl groups excluding tert-OH is 1. The van der Waals surface area contributed by atoms with E-state index in [0.29, 0.717) is 6.42 Å². The maximum Gasteiger partial charge on any atom is 0.119 e. The molecule has 158 valence electrons. The fourth-order valence-electron chi connectivity index (χ4n) is 4.00. The third kappa shape index (κ3) is 5.99. The second kappa shape index (κ2) is 11.3. The summed E-state index contributed by atoms with van der Waals surface area (Å²) in [5, 5.41) is 10.7. The minimum Gasteiger partial charge on any atom is -0.494 e. The van der Waals surface area contributed by atoms with Gasteiger partial charge in [-0.25, -0.2) is 0 Å². The van der Waals surface area contributed by atoms with Crippen LogP contribution in [0.5, 0.6) is 11.5 Å². The summed E-state index contributed by atoms with van der Waals surface area (Å²) in [7, 11) is 0. The number of hydrogen-bond donors (Lipinski definition) is 1. The van der Waals surface area contributed by atoms with Crippen LogP contribution in [0.25, 0.3) is 11.1 Å². The predicted molar refractivity (Wildman–Crippen MR) is 120 cm³/mol. The van der Waals surface area contributed by atoms with Crippen LogP contribution in [0.1, 0.15) is 82.4 Å². The van der Waals surface area contributed by atoms with Crippen LogP contribution in [0, 0.1) is 0 Å². The first kappa shape index (κ1) is 21.7. The highest BCUT2D eigenvalue weighted by atomic mass is 16.5. The van der Waals surface area contributed by atoms with Crippen molar-refractivity contribution in [1.82, 2.24) is 0 Å². The summed E-state index contributed by atoms with van der Waals surface area (Å²) in [4.78, 5) is 0. The SMILES string of the molecule is CCCCCCOc1ccc2c(c1)CC(O)c1cc(OCCCCCC)ccc1-2. The molecular formula is C26H36O3. The zero-order valence-corrected chi connectivity index (χ0v) is 18.1. The molecule has 0 heterocycles. The zero-order valence-electron chi connectivity index (χ0n) is 18.1. The summed E-state index contributed by atoms with van der Waals surface area (Å²) in [5.74, 6) is 1.76. The molecule has 2 aromatic carbocycles. The normalized spacial score (nSPS) is 14.9. The quantitative estimate of drug-likeness (QED) is 0.398. The Morgan fingerprint density at radius 2 is 1.34 bits per heavy atom. The van der Waals surface area contributed by atoms with Crippen molar-refractivity contribution in [2.75, 3.05) is 13.2 Å². The molecule has 0 spiro atoms. The van der Waals surface area contributed by atoms with E-state index in [1.165, 1.54) is 44.1 Å². The Labute approximate surface area is 176 Å². The molecule has 1 aliphatic carbocycles. The third-order valence-electron chi connectivity index (χ3n) is 5.70. The third-order valence-corrected chi connectivity index (χ3v) is 5.70. The molecule has 2 aromatic rings. The van der Waals surface area contributed by atoms with Gasteiger partial charge in [0, 0.05) is 6.42 Å². The number of aliphatic hydroxyl groups is 1. The lowest BCUT2D eigenvalue weighted by atomic mass is 9.83. The molecule has 29 heavy (non-hydrogen) atoms. The van der Waals surface area contributed by atoms with Crippen LogP contribution in [0.2, 0.25) is 0 Å². The van der Waals surface area contributed by atoms with Gasteiger partial charge in [-0.2, -0.15) is 0 Å². The van der Waals surface area contributed by atoms with E-state index in [4.69, 9.17) is 9.47 Å². The van der Waals surface area contributed by atoms with Gasteiger partial charge in [0.1, 0.15) is 11.5 Å². The van der Waals surface area contributed by atoms with Crippen molar-refractivity contribution in [2.45, 2.75) is 77.7 Å². The van der Waals surface area contributed by atoms with Gasteiger partial charge < -0.3 is 14.6 Å². The molecule has 1 atom stereocenters. The number of unbranched alkanes of at least 4 members (excludes halogenated alkanes) is 6. The van der Waals surface area contributed by atoms with Gasteiger partial charge in [-0.1, -0.05) is 64.5 Å². The second-order valence-corrected chi connectivity index (χ2v) is 8.11. The molecule has 0 aliphatic heterocycles. The highest BCUT2D eigenvalue weighted by Crippen LogP contribution is 2.41. The van der Waals surface area contributed by atoms with Crippen LogP contribution in [0.15, 0.2) is 36.4 Å². The molecule has 0 aromatic heterocycles. The molecule has 1 N–H and O–H groups in total. The van der Waals surface area contributed by atoms with Gasteiger partial charge in [-0.05, 0) is 59.4 Å². The highest BCUT2D eigenvalue weighted by Gasteiger charge is 2.24. The van der Waals surface area contributed by atoms with E-state index >= 15 is 0 Å². The standard InChI is InChI=1S/C26H36O3/c1-3-5-7-9-15-28-21-11-13-23-20(17-21)18-26(27)25-19-22(12-14-24(23)25)29-16-10-8-6-4-2/h11-14,17,19,26-27H,3-10,15-16,18H2,1-2H3. The first-order valence-corrected chi connectivity index (χ1v) is 11.4. The zero-order chi connectivity index (χ0) is 20.5. The van der Waals surface area contributed by atoms with Crippen LogP contribution in [0.3, 0.4) is 0 Å². The van der Waals surface area contributed by atoms with Crippen LogP contribution in [-0.4, -0.2) is 18.3 Å². The molecule has 0 saturated heterocycles. The average molecular weight is 397 g/mol. The summed E-state index contributed by atoms with van der Waals surface area (Å²) in [5.41, 5.74) is 4.42. The summed E-state index contributed by atoms with van der Waals surface area (Å²) in [6.07, 6.45) is 9.72. The summed E-state index contributed by atoms with van der Waals surface area (Å²) >= 11 is 0. The van der Waals surface area contributed by atoms with Crippen molar-refractivity contribution >= 4 is 0 Å². The number of rotatable bonds is 12. The van der Waals surface area contributed by atoms with Gasteiger partial charge in [0.05, 0.1) is 19.3 Å². The number of benzene rings is 2. The van der Waals surface area contributed by atoms with Crippen LogP contribution < -0.4 is 9.47 Å². The van der Waals surface area contributed by atoms with E-state index in [9.17, 15) is 5.11 Å². The van der Waals surface area contributed by atoms with Crippen molar-refractivity contribution in [3.05, 3.63) is 47.5 Å². The minimum absolute atomic E-state index is 0.499. The topological polar surface area (TPSA) is 38.7 Å². The molecule has 0 fully saturated rings. The lowest BCUT2D eigenvalue weighted by Gasteiger charge is -2.25. The maximum absolute atomic E-state index is 10.7. The number of hydrogen-bond acceptors (Lipinski definition) is 3. The molecule has 3 nitrogen and oxygen atoms in total. The van der Waals surface area contributed by atoms with Gasteiger partial charge in [0.25, 0.3) is 0 Å². The van der Waals surface area contributed by atoms with Crippen LogP contribution in [0.4, 0.5) is 0 Å². The molecule has 0 radical (unpaired) electrons. The first-order chi connectivity index (χ1) is 14.2. The number of ether oxygens (including phenoxy) is 2. The van der Waals surface area contributed by atoms with E-state index in [1.807, 2.05) is 12.1 Å². The Kier molecular flexibility index (Phi) is 8.42. The lowest BCUT2D eigenvalue weighted by molar-refractivity contribution is 0.176. The molecular weight excluding hydrogens is 360 g/mol. The van der Waals surface area contributed by atoms with Gasteiger partial charge in [-0.15, -0.1) is 0 Å². The summed E-state index contributed by atoms with van der Waals surface area (Å²) in [6, 6.07) is 12.4. The molecule has 0 saturated carbocycles. The summed E-state index contributed by atoms with van der Waals surface area (Å²) < 4.78 is 11.8. The molecule has 0 amide bonds. The smallest absolute Gasteiger partial charge is 0.119 e. The number of fused-ring (bicyclic) bond motifs is 3. The van der Waals surface area contributed by atoms with Crippen molar-refractivity contribution < 1.29 is 14.6 Å². The van der Waals surface area contributed by atoms with E-state index < -0.39 is 6.10 Å². The van der Waals surface area contributed by atoms with Gasteiger partial charge in [0.2, 0.25) is 0 Å². The first-order valence-electron chi connectivity index (χ1n) is 11.4. The van der Waals surface area contributed by atoms with Crippen molar-refractivity contribution in [3.8, 4) is 22.6 Å². The van der Waals surface area contributed by atoms with Crippen molar-refractivity contribution in [1.29, 1.82) is 0 Å². The van der Waals surface area contributed by atoms with E-state index in [1.54, 1.807) is 0 Å². The highest BCUT2D eigenvalue weighted by molar-refractivity contribution is 5.75. The fourth-order valence-corrected chi connectivity index (χ4v) is 4.00. The minimum atomic E-state index is -0.499. The predicted octanol–water partition coefficient (Wildman–Crippen LogP) is 6.86. The molecule has 3 rings (SSSR count). The summed E-state index contributed by atoms with van der Waals surface area (Å²) in [6.45, 7) is 5.93.